The second-order valence-electron chi connectivity index (χ2n) is 4.95. The molecule has 5 heteroatoms. The fraction of sp³-hybridized carbons (Fsp3) is 0.429. The summed E-state index contributed by atoms with van der Waals surface area (Å²) in [5.41, 5.74) is 0.612. The van der Waals surface area contributed by atoms with Gasteiger partial charge in [0.1, 0.15) is 0 Å². The molecule has 1 aromatic rings. The van der Waals surface area contributed by atoms with Crippen molar-refractivity contribution in [1.82, 2.24) is 0 Å². The number of halogens is 2. The van der Waals surface area contributed by atoms with Crippen molar-refractivity contribution < 1.29 is 14.3 Å². The van der Waals surface area contributed by atoms with Crippen LogP contribution in [0.15, 0.2) is 12.1 Å². The predicted octanol–water partition coefficient (Wildman–Crippen LogP) is 3.79. The van der Waals surface area contributed by atoms with Crippen molar-refractivity contribution in [2.75, 3.05) is 6.61 Å². The average Bonchev–Trinajstić information content (AvgIpc) is 2.50. The highest BCUT2D eigenvalue weighted by molar-refractivity contribution is 6.36. The molecule has 0 N–H and O–H groups in total. The lowest BCUT2D eigenvalue weighted by Crippen LogP contribution is -2.25. The molecule has 1 aliphatic carbocycles. The minimum atomic E-state index is -0.611. The van der Waals surface area contributed by atoms with Gasteiger partial charge in [-0.1, -0.05) is 30.1 Å². The number of hydrogen-bond donors (Lipinski definition) is 0. The lowest BCUT2D eigenvalue weighted by atomic mass is 9.81. The van der Waals surface area contributed by atoms with Crippen LogP contribution in [0.1, 0.15) is 42.6 Å². The summed E-state index contributed by atoms with van der Waals surface area (Å²) in [6.45, 7) is 3.93. The van der Waals surface area contributed by atoms with E-state index in [9.17, 15) is 9.59 Å². The van der Waals surface area contributed by atoms with E-state index in [1.807, 2.05) is 6.92 Å². The number of carbonyl (C=O) groups is 2. The van der Waals surface area contributed by atoms with Crippen molar-refractivity contribution in [3.8, 4) is 0 Å². The van der Waals surface area contributed by atoms with Crippen LogP contribution in [0.2, 0.25) is 10.0 Å². The van der Waals surface area contributed by atoms with Gasteiger partial charge in [0.05, 0.1) is 13.0 Å². The topological polar surface area (TPSA) is 43.4 Å². The van der Waals surface area contributed by atoms with Crippen LogP contribution in [0.3, 0.4) is 0 Å². The number of esters is 1. The van der Waals surface area contributed by atoms with Gasteiger partial charge < -0.3 is 4.74 Å². The first-order chi connectivity index (χ1) is 8.87. The van der Waals surface area contributed by atoms with Gasteiger partial charge in [0.25, 0.3) is 0 Å². The zero-order valence-corrected chi connectivity index (χ0v) is 12.3. The molecule has 2 rings (SSSR count). The quantitative estimate of drug-likeness (QED) is 0.798. The molecular formula is C14H14Cl2O3. The Morgan fingerprint density at radius 2 is 2.11 bits per heavy atom. The first-order valence-corrected chi connectivity index (χ1v) is 6.81. The van der Waals surface area contributed by atoms with E-state index in [0.29, 0.717) is 27.8 Å². The molecule has 19 heavy (non-hydrogen) atoms. The zero-order valence-electron chi connectivity index (χ0n) is 10.8. The lowest BCUT2D eigenvalue weighted by molar-refractivity contribution is -0.144. The second-order valence-corrected chi connectivity index (χ2v) is 5.80. The highest BCUT2D eigenvalue weighted by atomic mass is 35.5. The van der Waals surface area contributed by atoms with E-state index in [-0.39, 0.29) is 24.6 Å². The van der Waals surface area contributed by atoms with Gasteiger partial charge in [-0.15, -0.1) is 0 Å². The number of hydrogen-bond acceptors (Lipinski definition) is 3. The van der Waals surface area contributed by atoms with Crippen LogP contribution in [0, 0.1) is 0 Å². The molecular weight excluding hydrogens is 287 g/mol. The minimum absolute atomic E-state index is 0.0359. The van der Waals surface area contributed by atoms with E-state index >= 15 is 0 Å². The van der Waals surface area contributed by atoms with Crippen molar-refractivity contribution in [3.63, 3.8) is 0 Å². The maximum Gasteiger partial charge on any atom is 0.306 e. The van der Waals surface area contributed by atoms with Crippen molar-refractivity contribution in [2.24, 2.45) is 0 Å². The first kappa shape index (κ1) is 14.4. The number of carbonyl (C=O) groups excluding carboxylic acids is 2. The van der Waals surface area contributed by atoms with E-state index in [4.69, 9.17) is 27.9 Å². The number of ether oxygens (including phenoxy) is 1. The van der Waals surface area contributed by atoms with Crippen molar-refractivity contribution in [1.29, 1.82) is 0 Å². The summed E-state index contributed by atoms with van der Waals surface area (Å²) in [6.07, 6.45) is 0.391. The van der Waals surface area contributed by atoms with E-state index in [1.54, 1.807) is 19.1 Å². The van der Waals surface area contributed by atoms with E-state index in [2.05, 4.69) is 0 Å². The number of ketones is 1. The summed E-state index contributed by atoms with van der Waals surface area (Å²) < 4.78 is 4.96. The minimum Gasteiger partial charge on any atom is -0.466 e. The van der Waals surface area contributed by atoms with Gasteiger partial charge in [0.2, 0.25) is 0 Å². The first-order valence-electron chi connectivity index (χ1n) is 6.06. The summed E-state index contributed by atoms with van der Waals surface area (Å²) >= 11 is 12.1. The van der Waals surface area contributed by atoms with Gasteiger partial charge in [0.15, 0.2) is 5.78 Å². The Bertz CT molecular complexity index is 554. The molecule has 0 spiro atoms. The summed E-state index contributed by atoms with van der Waals surface area (Å²) in [7, 11) is 0. The Balaban J connectivity index is 2.43. The van der Waals surface area contributed by atoms with Crippen LogP contribution in [-0.2, 0) is 14.9 Å². The van der Waals surface area contributed by atoms with Gasteiger partial charge >= 0.3 is 5.97 Å². The number of rotatable bonds is 3. The van der Waals surface area contributed by atoms with Gasteiger partial charge in [-0.3, -0.25) is 9.59 Å². The molecule has 0 aliphatic heterocycles. The SMILES string of the molecule is CCOC(=O)CC1(C)CC(=O)c2cc(Cl)cc(Cl)c21. The molecule has 1 atom stereocenters. The summed E-state index contributed by atoms with van der Waals surface area (Å²) in [6, 6.07) is 3.21. The smallest absolute Gasteiger partial charge is 0.306 e. The molecule has 0 amide bonds. The average molecular weight is 301 g/mol. The second kappa shape index (κ2) is 5.14. The molecule has 0 fully saturated rings. The molecule has 1 aromatic carbocycles. The molecule has 1 unspecified atom stereocenters. The van der Waals surface area contributed by atoms with Gasteiger partial charge in [0, 0.05) is 27.4 Å². The van der Waals surface area contributed by atoms with Crippen LogP contribution in [0.5, 0.6) is 0 Å². The van der Waals surface area contributed by atoms with Crippen LogP contribution in [0.4, 0.5) is 0 Å². The van der Waals surface area contributed by atoms with Crippen LogP contribution >= 0.6 is 23.2 Å². The molecule has 0 saturated carbocycles. The normalized spacial score (nSPS) is 21.4. The molecule has 0 heterocycles. The number of fused-ring (bicyclic) bond motifs is 1. The Labute approximate surface area is 121 Å². The third-order valence-electron chi connectivity index (χ3n) is 3.35. The maximum atomic E-state index is 12.1. The Hall–Kier alpha value is -1.06. The Morgan fingerprint density at radius 3 is 2.74 bits per heavy atom. The Morgan fingerprint density at radius 1 is 1.42 bits per heavy atom. The molecule has 1 aliphatic rings. The molecule has 0 radical (unpaired) electrons. The summed E-state index contributed by atoms with van der Waals surface area (Å²) in [5, 5.41) is 0.859. The molecule has 0 aromatic heterocycles. The lowest BCUT2D eigenvalue weighted by Gasteiger charge is -2.24. The number of benzene rings is 1. The Kier molecular flexibility index (Phi) is 3.88. The van der Waals surface area contributed by atoms with Crippen molar-refractivity contribution in [2.45, 2.75) is 32.1 Å². The molecule has 3 nitrogen and oxygen atoms in total. The third-order valence-corrected chi connectivity index (χ3v) is 3.87. The van der Waals surface area contributed by atoms with Crippen LogP contribution in [0.25, 0.3) is 0 Å². The van der Waals surface area contributed by atoms with E-state index in [0.717, 1.165) is 0 Å². The van der Waals surface area contributed by atoms with Crippen LogP contribution in [-0.4, -0.2) is 18.4 Å². The molecule has 0 saturated heterocycles. The van der Waals surface area contributed by atoms with Gasteiger partial charge in [-0.05, 0) is 24.6 Å². The summed E-state index contributed by atoms with van der Waals surface area (Å²) in [4.78, 5) is 23.8. The van der Waals surface area contributed by atoms with E-state index in [1.165, 1.54) is 0 Å². The van der Waals surface area contributed by atoms with Crippen molar-refractivity contribution in [3.05, 3.63) is 33.3 Å². The monoisotopic (exact) mass is 300 g/mol. The van der Waals surface area contributed by atoms with Crippen LogP contribution < -0.4 is 0 Å². The molecule has 102 valence electrons. The maximum absolute atomic E-state index is 12.1. The van der Waals surface area contributed by atoms with Crippen molar-refractivity contribution >= 4 is 35.0 Å². The third kappa shape index (κ3) is 2.63. The highest BCUT2D eigenvalue weighted by Crippen LogP contribution is 2.46. The number of Topliss-reactive ketones (excluding diaryl/α,β-unsaturated/α-hetero) is 1. The van der Waals surface area contributed by atoms with Gasteiger partial charge in [-0.2, -0.15) is 0 Å². The largest absolute Gasteiger partial charge is 0.466 e. The fourth-order valence-electron chi connectivity index (χ4n) is 2.63. The highest BCUT2D eigenvalue weighted by Gasteiger charge is 2.43. The fourth-order valence-corrected chi connectivity index (χ4v) is 3.35. The summed E-state index contributed by atoms with van der Waals surface area (Å²) in [5.74, 6) is -0.358. The molecule has 0 bridgehead atoms. The van der Waals surface area contributed by atoms with Gasteiger partial charge in [-0.25, -0.2) is 0 Å². The van der Waals surface area contributed by atoms with E-state index < -0.39 is 5.41 Å². The standard InChI is InChI=1S/C14H14Cl2O3/c1-3-19-12(18)7-14(2)6-11(17)9-4-8(15)5-10(16)13(9)14/h4-5H,3,6-7H2,1-2H3. The predicted molar refractivity (Wildman–Crippen MR) is 74.0 cm³/mol. The zero-order chi connectivity index (χ0) is 14.2.